The van der Waals surface area contributed by atoms with Crippen molar-refractivity contribution in [2.24, 2.45) is 0 Å². The van der Waals surface area contributed by atoms with Crippen LogP contribution in [0.3, 0.4) is 0 Å². The van der Waals surface area contributed by atoms with E-state index in [9.17, 15) is 4.79 Å². The third-order valence-corrected chi connectivity index (χ3v) is 9.65. The maximum Gasteiger partial charge on any atom is 0.254 e. The van der Waals surface area contributed by atoms with Crippen molar-refractivity contribution in [1.82, 2.24) is 4.90 Å². The predicted molar refractivity (Wildman–Crippen MR) is 189 cm³/mol. The lowest BCUT2D eigenvalue weighted by atomic mass is 9.99. The molecule has 0 fully saturated rings. The first-order valence-corrected chi connectivity index (χ1v) is 19.2. The molecule has 0 aliphatic carbocycles. The standard InChI is InChI=1S/C39H79NO3/c1-8-11-13-15-17-19-21-23-25-27-29-31-34-40(35-32-30-28-26-24-22-20-18-16-14-12-9-2)37(41)39(6,10-3)43-36-33-38(4,5)42-7/h8-36H2,1-7H3. The fourth-order valence-corrected chi connectivity index (χ4v) is 5.88. The zero-order valence-electron chi connectivity index (χ0n) is 30.7. The van der Waals surface area contributed by atoms with Crippen LogP contribution in [-0.4, -0.2) is 48.8 Å². The zero-order chi connectivity index (χ0) is 32.1. The van der Waals surface area contributed by atoms with Gasteiger partial charge in [0.05, 0.1) is 12.2 Å². The van der Waals surface area contributed by atoms with Crippen LogP contribution in [0.2, 0.25) is 0 Å². The van der Waals surface area contributed by atoms with Crippen molar-refractivity contribution in [1.29, 1.82) is 0 Å². The number of carbonyl (C=O) groups excluding carboxylic acids is 1. The van der Waals surface area contributed by atoms with Crippen molar-refractivity contribution >= 4 is 5.91 Å². The van der Waals surface area contributed by atoms with Crippen molar-refractivity contribution in [2.45, 2.75) is 220 Å². The van der Waals surface area contributed by atoms with Crippen LogP contribution in [0.4, 0.5) is 0 Å². The molecule has 0 aliphatic heterocycles. The number of unbranched alkanes of at least 4 members (excludes halogenated alkanes) is 22. The lowest BCUT2D eigenvalue weighted by Gasteiger charge is -2.35. The molecule has 0 aromatic rings. The zero-order valence-corrected chi connectivity index (χ0v) is 30.7. The molecule has 1 atom stereocenters. The minimum absolute atomic E-state index is 0.191. The molecule has 0 N–H and O–H groups in total. The van der Waals surface area contributed by atoms with Crippen LogP contribution in [0, 0.1) is 0 Å². The van der Waals surface area contributed by atoms with Gasteiger partial charge in [-0.15, -0.1) is 0 Å². The molecule has 0 heterocycles. The number of methoxy groups -OCH3 is 1. The Labute approximate surface area is 271 Å². The molecule has 0 saturated heterocycles. The van der Waals surface area contributed by atoms with Crippen molar-refractivity contribution in [3.63, 3.8) is 0 Å². The maximum atomic E-state index is 13.9. The Hall–Kier alpha value is -0.610. The molecule has 0 aliphatic rings. The molecule has 0 aromatic heterocycles. The summed E-state index contributed by atoms with van der Waals surface area (Å²) in [6.45, 7) is 15.1. The Morgan fingerprint density at radius 3 is 1.16 bits per heavy atom. The first-order valence-electron chi connectivity index (χ1n) is 19.2. The maximum absolute atomic E-state index is 13.9. The van der Waals surface area contributed by atoms with Crippen molar-refractivity contribution in [3.8, 4) is 0 Å². The van der Waals surface area contributed by atoms with Crippen molar-refractivity contribution in [2.75, 3.05) is 26.8 Å². The Morgan fingerprint density at radius 1 is 0.535 bits per heavy atom. The van der Waals surface area contributed by atoms with Gasteiger partial charge in [-0.25, -0.2) is 0 Å². The number of amides is 1. The van der Waals surface area contributed by atoms with Crippen LogP contribution in [0.15, 0.2) is 0 Å². The number of hydrogen-bond donors (Lipinski definition) is 0. The van der Waals surface area contributed by atoms with Gasteiger partial charge in [0.2, 0.25) is 0 Å². The van der Waals surface area contributed by atoms with Gasteiger partial charge in [0.15, 0.2) is 0 Å². The lowest BCUT2D eigenvalue weighted by Crippen LogP contribution is -2.49. The highest BCUT2D eigenvalue weighted by molar-refractivity contribution is 5.84. The number of ether oxygens (including phenoxy) is 2. The summed E-state index contributed by atoms with van der Waals surface area (Å²) in [5.74, 6) is 0.191. The van der Waals surface area contributed by atoms with E-state index in [1.54, 1.807) is 7.11 Å². The summed E-state index contributed by atoms with van der Waals surface area (Å²) >= 11 is 0. The van der Waals surface area contributed by atoms with Gasteiger partial charge in [-0.2, -0.15) is 0 Å². The van der Waals surface area contributed by atoms with E-state index < -0.39 is 5.60 Å². The fraction of sp³-hybridized carbons (Fsp3) is 0.974. The Morgan fingerprint density at radius 2 is 0.860 bits per heavy atom. The summed E-state index contributed by atoms with van der Waals surface area (Å²) in [6, 6.07) is 0. The third-order valence-electron chi connectivity index (χ3n) is 9.65. The van der Waals surface area contributed by atoms with Crippen LogP contribution < -0.4 is 0 Å². The molecule has 4 nitrogen and oxygen atoms in total. The fourth-order valence-electron chi connectivity index (χ4n) is 5.88. The molecular weight excluding hydrogens is 530 g/mol. The summed E-state index contributed by atoms with van der Waals surface area (Å²) in [5.41, 5.74) is -0.987. The highest BCUT2D eigenvalue weighted by Crippen LogP contribution is 2.23. The third kappa shape index (κ3) is 24.3. The first kappa shape index (κ1) is 42.4. The highest BCUT2D eigenvalue weighted by Gasteiger charge is 2.36. The molecule has 0 spiro atoms. The van der Waals surface area contributed by atoms with Gasteiger partial charge in [0.25, 0.3) is 5.91 Å². The molecular formula is C39H79NO3. The van der Waals surface area contributed by atoms with E-state index in [1.807, 2.05) is 6.92 Å². The second kappa shape index (κ2) is 28.8. The molecule has 0 radical (unpaired) electrons. The largest absolute Gasteiger partial charge is 0.379 e. The smallest absolute Gasteiger partial charge is 0.254 e. The molecule has 0 rings (SSSR count). The summed E-state index contributed by atoms with van der Waals surface area (Å²) in [7, 11) is 1.75. The molecule has 43 heavy (non-hydrogen) atoms. The second-order valence-corrected chi connectivity index (χ2v) is 14.2. The van der Waals surface area contributed by atoms with Crippen LogP contribution in [0.25, 0.3) is 0 Å². The minimum Gasteiger partial charge on any atom is -0.379 e. The first-order chi connectivity index (χ1) is 20.8. The second-order valence-electron chi connectivity index (χ2n) is 14.2. The van der Waals surface area contributed by atoms with Crippen molar-refractivity contribution < 1.29 is 14.3 Å². The monoisotopic (exact) mass is 610 g/mol. The van der Waals surface area contributed by atoms with Crippen LogP contribution in [0.5, 0.6) is 0 Å². The Balaban J connectivity index is 4.54. The lowest BCUT2D eigenvalue weighted by molar-refractivity contribution is -0.159. The van der Waals surface area contributed by atoms with Crippen LogP contribution in [0.1, 0.15) is 208 Å². The highest BCUT2D eigenvalue weighted by atomic mass is 16.5. The number of rotatable bonds is 33. The number of carbonyl (C=O) groups is 1. The number of hydrogen-bond acceptors (Lipinski definition) is 3. The van der Waals surface area contributed by atoms with E-state index in [4.69, 9.17) is 9.47 Å². The SMILES string of the molecule is CCCCCCCCCCCCCCN(CCCCCCCCCCCCCC)C(=O)C(C)(CC)OCCC(C)(C)OC. The molecule has 1 amide bonds. The summed E-state index contributed by atoms with van der Waals surface area (Å²) < 4.78 is 11.9. The topological polar surface area (TPSA) is 38.8 Å². The van der Waals surface area contributed by atoms with E-state index >= 15 is 0 Å². The summed E-state index contributed by atoms with van der Waals surface area (Å²) in [4.78, 5) is 16.0. The predicted octanol–water partition coefficient (Wildman–Crippen LogP) is 12.2. The van der Waals surface area contributed by atoms with Gasteiger partial charge in [-0.1, -0.05) is 162 Å². The van der Waals surface area contributed by atoms with Crippen LogP contribution >= 0.6 is 0 Å². The molecule has 0 saturated carbocycles. The molecule has 0 aromatic carbocycles. The van der Waals surface area contributed by atoms with Gasteiger partial charge in [0, 0.05) is 20.2 Å². The Kier molecular flexibility index (Phi) is 28.4. The number of nitrogens with zero attached hydrogens (tertiary/aromatic N) is 1. The van der Waals surface area contributed by atoms with E-state index in [1.165, 1.54) is 141 Å². The quantitative estimate of drug-likeness (QED) is 0.0695. The summed E-state index contributed by atoms with van der Waals surface area (Å²) in [6.07, 6.45) is 33.7. The Bertz CT molecular complexity index is 579. The average Bonchev–Trinajstić information content (AvgIpc) is 3.00. The van der Waals surface area contributed by atoms with Crippen LogP contribution in [-0.2, 0) is 14.3 Å². The van der Waals surface area contributed by atoms with Gasteiger partial charge in [-0.05, 0) is 46.5 Å². The molecule has 1 unspecified atom stereocenters. The van der Waals surface area contributed by atoms with E-state index in [0.717, 1.165) is 32.4 Å². The summed E-state index contributed by atoms with van der Waals surface area (Å²) in [5, 5.41) is 0. The molecule has 258 valence electrons. The van der Waals surface area contributed by atoms with Crippen molar-refractivity contribution in [3.05, 3.63) is 0 Å². The van der Waals surface area contributed by atoms with Gasteiger partial charge >= 0.3 is 0 Å². The van der Waals surface area contributed by atoms with Gasteiger partial charge in [-0.3, -0.25) is 4.79 Å². The normalized spacial score (nSPS) is 13.4. The van der Waals surface area contributed by atoms with E-state index in [0.29, 0.717) is 13.0 Å². The van der Waals surface area contributed by atoms with Gasteiger partial charge < -0.3 is 14.4 Å². The van der Waals surface area contributed by atoms with Gasteiger partial charge in [0.1, 0.15) is 5.60 Å². The van der Waals surface area contributed by atoms with E-state index in [-0.39, 0.29) is 11.5 Å². The molecule has 0 bridgehead atoms. The average molecular weight is 610 g/mol. The minimum atomic E-state index is -0.752. The molecule has 4 heteroatoms. The van der Waals surface area contributed by atoms with E-state index in [2.05, 4.69) is 39.5 Å².